The molecule has 4 heteroatoms. The molecular weight excluding hydrogens is 242 g/mol. The molecule has 0 aromatic heterocycles. The first kappa shape index (κ1) is 15.2. The summed E-state index contributed by atoms with van der Waals surface area (Å²) in [6.45, 7) is 7.44. The maximum atomic E-state index is 12.1. The lowest BCUT2D eigenvalue weighted by Crippen LogP contribution is -2.32. The molecule has 19 heavy (non-hydrogen) atoms. The van der Waals surface area contributed by atoms with Gasteiger partial charge in [-0.15, -0.1) is 0 Å². The van der Waals surface area contributed by atoms with Crippen molar-refractivity contribution in [2.45, 2.75) is 34.1 Å². The lowest BCUT2D eigenvalue weighted by molar-refractivity contribution is -0.147. The highest BCUT2D eigenvalue weighted by Gasteiger charge is 2.26. The lowest BCUT2D eigenvalue weighted by Gasteiger charge is -2.19. The van der Waals surface area contributed by atoms with Crippen molar-refractivity contribution in [1.29, 1.82) is 0 Å². The van der Waals surface area contributed by atoms with Crippen molar-refractivity contribution in [3.8, 4) is 0 Å². The fourth-order valence-corrected chi connectivity index (χ4v) is 1.86. The van der Waals surface area contributed by atoms with Gasteiger partial charge in [0.05, 0.1) is 5.41 Å². The van der Waals surface area contributed by atoms with Gasteiger partial charge in [0.2, 0.25) is 0 Å². The summed E-state index contributed by atoms with van der Waals surface area (Å²) in [6.07, 6.45) is 0.402. The Hall–Kier alpha value is -1.84. The molecule has 0 bridgehead atoms. The summed E-state index contributed by atoms with van der Waals surface area (Å²) >= 11 is 0. The van der Waals surface area contributed by atoms with Crippen LogP contribution in [-0.4, -0.2) is 23.5 Å². The van der Waals surface area contributed by atoms with Crippen LogP contribution < -0.4 is 5.32 Å². The maximum Gasteiger partial charge on any atom is 0.309 e. The van der Waals surface area contributed by atoms with E-state index in [0.29, 0.717) is 18.5 Å². The largest absolute Gasteiger partial charge is 0.481 e. The van der Waals surface area contributed by atoms with Gasteiger partial charge in [-0.2, -0.15) is 0 Å². The molecule has 1 amide bonds. The van der Waals surface area contributed by atoms with Gasteiger partial charge < -0.3 is 10.4 Å². The molecular formula is C15H21NO3. The van der Waals surface area contributed by atoms with E-state index in [2.05, 4.69) is 5.32 Å². The monoisotopic (exact) mass is 263 g/mol. The van der Waals surface area contributed by atoms with Crippen LogP contribution in [0.1, 0.15) is 41.8 Å². The molecule has 0 saturated heterocycles. The second-order valence-electron chi connectivity index (χ2n) is 5.46. The number of carbonyl (C=O) groups is 2. The first-order valence-corrected chi connectivity index (χ1v) is 6.33. The van der Waals surface area contributed by atoms with Crippen molar-refractivity contribution in [3.63, 3.8) is 0 Å². The predicted molar refractivity (Wildman–Crippen MR) is 74.3 cm³/mol. The molecule has 1 aromatic rings. The number of hydrogen-bond acceptors (Lipinski definition) is 2. The summed E-state index contributed by atoms with van der Waals surface area (Å²) < 4.78 is 0. The summed E-state index contributed by atoms with van der Waals surface area (Å²) in [4.78, 5) is 23.0. The third-order valence-corrected chi connectivity index (χ3v) is 3.32. The van der Waals surface area contributed by atoms with Crippen molar-refractivity contribution >= 4 is 11.9 Å². The summed E-state index contributed by atoms with van der Waals surface area (Å²) in [6, 6.07) is 5.70. The SMILES string of the molecule is Cc1cccc(C)c1C(=O)NCCC(C)(C)C(=O)O. The minimum atomic E-state index is -0.853. The van der Waals surface area contributed by atoms with Crippen molar-refractivity contribution in [2.75, 3.05) is 6.54 Å². The number of hydrogen-bond donors (Lipinski definition) is 2. The summed E-state index contributed by atoms with van der Waals surface area (Å²) in [5, 5.41) is 11.8. The molecule has 0 fully saturated rings. The van der Waals surface area contributed by atoms with Crippen LogP contribution in [0.25, 0.3) is 0 Å². The van der Waals surface area contributed by atoms with E-state index in [1.54, 1.807) is 13.8 Å². The average molecular weight is 263 g/mol. The maximum absolute atomic E-state index is 12.1. The zero-order valence-electron chi connectivity index (χ0n) is 11.9. The molecule has 1 aromatic carbocycles. The second-order valence-corrected chi connectivity index (χ2v) is 5.46. The number of benzene rings is 1. The van der Waals surface area contributed by atoms with E-state index >= 15 is 0 Å². The van der Waals surface area contributed by atoms with Crippen LogP contribution in [0.3, 0.4) is 0 Å². The zero-order chi connectivity index (χ0) is 14.6. The van der Waals surface area contributed by atoms with Crippen LogP contribution >= 0.6 is 0 Å². The van der Waals surface area contributed by atoms with Crippen molar-refractivity contribution in [3.05, 3.63) is 34.9 Å². The van der Waals surface area contributed by atoms with Crippen LogP contribution in [0.5, 0.6) is 0 Å². The summed E-state index contributed by atoms with van der Waals surface area (Å²) in [5.41, 5.74) is 1.70. The fraction of sp³-hybridized carbons (Fsp3) is 0.467. The van der Waals surface area contributed by atoms with Crippen LogP contribution in [-0.2, 0) is 4.79 Å². The van der Waals surface area contributed by atoms with E-state index in [0.717, 1.165) is 11.1 Å². The molecule has 0 aliphatic rings. The molecule has 0 heterocycles. The molecule has 0 saturated carbocycles. The Balaban J connectivity index is 2.65. The number of aryl methyl sites for hydroxylation is 2. The van der Waals surface area contributed by atoms with Gasteiger partial charge >= 0.3 is 5.97 Å². The lowest BCUT2D eigenvalue weighted by atomic mass is 9.89. The standard InChI is InChI=1S/C15H21NO3/c1-10-6-5-7-11(2)12(10)13(17)16-9-8-15(3,4)14(18)19/h5-7H,8-9H2,1-4H3,(H,16,17)(H,18,19). The molecule has 0 aliphatic carbocycles. The van der Waals surface area contributed by atoms with Gasteiger partial charge in [-0.1, -0.05) is 18.2 Å². The molecule has 0 radical (unpaired) electrons. The number of aliphatic carboxylic acids is 1. The van der Waals surface area contributed by atoms with E-state index in [4.69, 9.17) is 5.11 Å². The number of carbonyl (C=O) groups excluding carboxylic acids is 1. The van der Waals surface area contributed by atoms with E-state index in [-0.39, 0.29) is 5.91 Å². The van der Waals surface area contributed by atoms with Gasteiger partial charge in [-0.25, -0.2) is 0 Å². The number of rotatable bonds is 5. The third-order valence-electron chi connectivity index (χ3n) is 3.32. The molecule has 0 unspecified atom stereocenters. The highest BCUT2D eigenvalue weighted by Crippen LogP contribution is 2.19. The van der Waals surface area contributed by atoms with Crippen LogP contribution in [0.15, 0.2) is 18.2 Å². The highest BCUT2D eigenvalue weighted by atomic mass is 16.4. The van der Waals surface area contributed by atoms with Gasteiger partial charge in [0.1, 0.15) is 0 Å². The number of carboxylic acids is 1. The zero-order valence-corrected chi connectivity index (χ0v) is 11.9. The predicted octanol–water partition coefficient (Wildman–Crippen LogP) is 2.53. The topological polar surface area (TPSA) is 66.4 Å². The van der Waals surface area contributed by atoms with E-state index < -0.39 is 11.4 Å². The second kappa shape index (κ2) is 5.87. The van der Waals surface area contributed by atoms with E-state index in [1.807, 2.05) is 32.0 Å². The molecule has 0 aliphatic heterocycles. The minimum Gasteiger partial charge on any atom is -0.481 e. The first-order valence-electron chi connectivity index (χ1n) is 6.33. The summed E-state index contributed by atoms with van der Waals surface area (Å²) in [7, 11) is 0. The molecule has 4 nitrogen and oxygen atoms in total. The van der Waals surface area contributed by atoms with E-state index in [9.17, 15) is 9.59 Å². The Morgan fingerprint density at radius 2 is 1.74 bits per heavy atom. The number of carboxylic acid groups (broad SMARTS) is 1. The minimum absolute atomic E-state index is 0.142. The molecule has 104 valence electrons. The van der Waals surface area contributed by atoms with Gasteiger partial charge in [-0.3, -0.25) is 9.59 Å². The van der Waals surface area contributed by atoms with E-state index in [1.165, 1.54) is 0 Å². The van der Waals surface area contributed by atoms with Gasteiger partial charge in [0, 0.05) is 12.1 Å². The van der Waals surface area contributed by atoms with Crippen molar-refractivity contribution in [2.24, 2.45) is 5.41 Å². The normalized spacial score (nSPS) is 11.2. The Morgan fingerprint density at radius 3 is 2.21 bits per heavy atom. The quantitative estimate of drug-likeness (QED) is 0.858. The van der Waals surface area contributed by atoms with Gasteiger partial charge in [0.15, 0.2) is 0 Å². The van der Waals surface area contributed by atoms with Crippen LogP contribution in [0, 0.1) is 19.3 Å². The van der Waals surface area contributed by atoms with Crippen molar-refractivity contribution < 1.29 is 14.7 Å². The fourth-order valence-electron chi connectivity index (χ4n) is 1.86. The highest BCUT2D eigenvalue weighted by molar-refractivity contribution is 5.97. The van der Waals surface area contributed by atoms with Crippen molar-refractivity contribution in [1.82, 2.24) is 5.32 Å². The van der Waals surface area contributed by atoms with Gasteiger partial charge in [0.25, 0.3) is 5.91 Å². The van der Waals surface area contributed by atoms with Gasteiger partial charge in [-0.05, 0) is 45.2 Å². The molecule has 2 N–H and O–H groups in total. The number of amides is 1. The first-order chi connectivity index (χ1) is 8.75. The number of nitrogens with one attached hydrogen (secondary N) is 1. The van der Waals surface area contributed by atoms with Crippen LogP contribution in [0.2, 0.25) is 0 Å². The molecule has 0 atom stereocenters. The molecule has 1 rings (SSSR count). The Bertz CT molecular complexity index is 472. The van der Waals surface area contributed by atoms with Crippen LogP contribution in [0.4, 0.5) is 0 Å². The Kier molecular flexibility index (Phi) is 4.70. The summed E-state index contributed by atoms with van der Waals surface area (Å²) in [5.74, 6) is -0.995. The Morgan fingerprint density at radius 1 is 1.21 bits per heavy atom. The third kappa shape index (κ3) is 3.81. The average Bonchev–Trinajstić information content (AvgIpc) is 2.28. The smallest absolute Gasteiger partial charge is 0.309 e. The Labute approximate surface area is 113 Å². The molecule has 0 spiro atoms.